The van der Waals surface area contributed by atoms with E-state index >= 15 is 0 Å². The van der Waals surface area contributed by atoms with Crippen LogP contribution in [0, 0.1) is 0 Å². The SMILES string of the molecule is c1ccc(-c2cc(-c3ccccc3)nc(-n3c4ccc(-c5cccc6c5c5ccccc5n6-c5ccccc5)cc4c4cccnc43)c2)cc1.c1ccc(-n2c3ccccc3c3c(-c4ccc5c(c4)c4cccnc4n5-c4cc(-c5ccccn5)cc(-c5ccccn5)c4)cccc32)cc1. The van der Waals surface area contributed by atoms with Gasteiger partial charge in [-0.25, -0.2) is 15.0 Å². The molecular weight excluding hydrogens is 1220 g/mol. The maximum absolute atomic E-state index is 5.28. The molecule has 0 saturated carbocycles. The third-order valence-electron chi connectivity index (χ3n) is 19.4. The molecule has 9 heteroatoms. The van der Waals surface area contributed by atoms with Gasteiger partial charge in [0.2, 0.25) is 0 Å². The molecule has 0 aliphatic carbocycles. The number of fused-ring (bicyclic) bond motifs is 12. The van der Waals surface area contributed by atoms with Gasteiger partial charge in [-0.3, -0.25) is 19.1 Å². The average Bonchev–Trinajstić information content (AvgIpc) is 1.58. The van der Waals surface area contributed by atoms with Crippen LogP contribution in [0.2, 0.25) is 0 Å². The van der Waals surface area contributed by atoms with Gasteiger partial charge in [0.1, 0.15) is 17.1 Å². The van der Waals surface area contributed by atoms with Gasteiger partial charge in [0.25, 0.3) is 0 Å². The summed E-state index contributed by atoms with van der Waals surface area (Å²) >= 11 is 0. The van der Waals surface area contributed by atoms with Crippen LogP contribution in [0.3, 0.4) is 0 Å². The fraction of sp³-hybridized carbons (Fsp3) is 0. The molecule has 0 radical (unpaired) electrons. The standard InChI is InChI=1S/C46H30N4.C45H29N5/c1-4-14-31(15-5-1)34-29-40(32-16-6-2-7-17-32)48-44(30-34)50-42-26-25-33(28-39(42)37-22-13-27-47-46(37)50)36-21-12-24-43-45(36)38-20-10-11-23-41(38)49(43)35-18-8-3-9-19-35;1-2-12-33(13-3-1)49-41-19-5-4-14-37(41)44-35(15-10-20-43(44)49)30-21-22-42-38(29-30)36-16-11-25-48-45(36)50(42)34-27-31(39-17-6-8-23-46-39)26-32(28-34)40-18-7-9-24-47-40/h1-30H;1-29H. The summed E-state index contributed by atoms with van der Waals surface area (Å²) in [5.41, 5.74) is 24.9. The minimum atomic E-state index is 0.838. The number of rotatable bonds is 10. The topological polar surface area (TPSA) is 84.2 Å². The Labute approximate surface area is 575 Å². The Bertz CT molecular complexity index is 5980. The van der Waals surface area contributed by atoms with Gasteiger partial charge in [0, 0.05) is 102 Å². The molecule has 0 aliphatic heterocycles. The number of nitrogens with zero attached hydrogens (tertiary/aromatic N) is 9. The first-order valence-corrected chi connectivity index (χ1v) is 33.7. The lowest BCUT2D eigenvalue weighted by atomic mass is 9.98. The van der Waals surface area contributed by atoms with Crippen molar-refractivity contribution in [3.8, 4) is 90.0 Å². The molecule has 20 aromatic rings. The summed E-state index contributed by atoms with van der Waals surface area (Å²) in [5.74, 6) is 0.838. The fourth-order valence-corrected chi connectivity index (χ4v) is 15.0. The van der Waals surface area contributed by atoms with Gasteiger partial charge >= 0.3 is 0 Å². The van der Waals surface area contributed by atoms with E-state index in [1.54, 1.807) is 0 Å². The van der Waals surface area contributed by atoms with Crippen molar-refractivity contribution in [2.45, 2.75) is 0 Å². The zero-order valence-electron chi connectivity index (χ0n) is 54.1. The van der Waals surface area contributed by atoms with Gasteiger partial charge in [0.05, 0.1) is 50.2 Å². The van der Waals surface area contributed by atoms with Crippen LogP contribution >= 0.6 is 0 Å². The third kappa shape index (κ3) is 9.82. The summed E-state index contributed by atoms with van der Waals surface area (Å²) in [6.45, 7) is 0. The summed E-state index contributed by atoms with van der Waals surface area (Å²) in [5, 5.41) is 9.46. The summed E-state index contributed by atoms with van der Waals surface area (Å²) in [4.78, 5) is 24.6. The molecule has 20 rings (SSSR count). The monoisotopic (exact) mass is 1280 g/mol. The van der Waals surface area contributed by atoms with Crippen LogP contribution in [0.4, 0.5) is 0 Å². The van der Waals surface area contributed by atoms with E-state index in [2.05, 4.69) is 297 Å². The summed E-state index contributed by atoms with van der Waals surface area (Å²) in [6.07, 6.45) is 7.42. The highest BCUT2D eigenvalue weighted by Crippen LogP contribution is 2.44. The van der Waals surface area contributed by atoms with Crippen LogP contribution in [-0.2, 0) is 0 Å². The Balaban J connectivity index is 0.000000139. The van der Waals surface area contributed by atoms with Crippen molar-refractivity contribution in [2.24, 2.45) is 0 Å². The molecule has 0 N–H and O–H groups in total. The molecule has 9 heterocycles. The minimum Gasteiger partial charge on any atom is -0.309 e. The van der Waals surface area contributed by atoms with E-state index in [1.807, 2.05) is 79.4 Å². The minimum absolute atomic E-state index is 0.838. The Morgan fingerprint density at radius 3 is 1.15 bits per heavy atom. The molecule has 0 saturated heterocycles. The Kier molecular flexibility index (Phi) is 14.0. The zero-order valence-corrected chi connectivity index (χ0v) is 54.1. The molecule has 468 valence electrons. The number of para-hydroxylation sites is 4. The van der Waals surface area contributed by atoms with Crippen LogP contribution in [0.5, 0.6) is 0 Å². The fourth-order valence-electron chi connectivity index (χ4n) is 15.0. The normalized spacial score (nSPS) is 11.6. The molecule has 0 aliphatic rings. The van der Waals surface area contributed by atoms with Crippen molar-refractivity contribution in [2.75, 3.05) is 0 Å². The smallest absolute Gasteiger partial charge is 0.146 e. The molecule has 0 spiro atoms. The molecule has 100 heavy (non-hydrogen) atoms. The number of hydrogen-bond donors (Lipinski definition) is 0. The highest BCUT2D eigenvalue weighted by molar-refractivity contribution is 6.19. The van der Waals surface area contributed by atoms with Gasteiger partial charge in [0.15, 0.2) is 0 Å². The second-order valence-corrected chi connectivity index (χ2v) is 25.2. The van der Waals surface area contributed by atoms with E-state index in [9.17, 15) is 0 Å². The van der Waals surface area contributed by atoms with Gasteiger partial charge in [-0.1, -0.05) is 182 Å². The third-order valence-corrected chi connectivity index (χ3v) is 19.4. The maximum atomic E-state index is 5.28. The van der Waals surface area contributed by atoms with Crippen molar-refractivity contribution < 1.29 is 0 Å². The second-order valence-electron chi connectivity index (χ2n) is 25.2. The number of aromatic nitrogens is 9. The van der Waals surface area contributed by atoms with Gasteiger partial charge in [-0.2, -0.15) is 0 Å². The van der Waals surface area contributed by atoms with E-state index in [0.717, 1.165) is 117 Å². The van der Waals surface area contributed by atoms with Crippen LogP contribution in [0.1, 0.15) is 0 Å². The zero-order chi connectivity index (χ0) is 66.0. The number of benzene rings is 11. The molecule has 11 aromatic carbocycles. The maximum Gasteiger partial charge on any atom is 0.146 e. The first-order valence-electron chi connectivity index (χ1n) is 33.7. The van der Waals surface area contributed by atoms with Crippen LogP contribution < -0.4 is 0 Å². The average molecular weight is 1280 g/mol. The molecule has 0 bridgehead atoms. The predicted molar refractivity (Wildman–Crippen MR) is 412 cm³/mol. The molecular formula is C91H59N9. The van der Waals surface area contributed by atoms with Gasteiger partial charge in [-0.15, -0.1) is 0 Å². The lowest BCUT2D eigenvalue weighted by Crippen LogP contribution is -2.01. The summed E-state index contributed by atoms with van der Waals surface area (Å²) in [6, 6.07) is 118. The molecule has 9 aromatic heterocycles. The Morgan fingerprint density at radius 2 is 0.630 bits per heavy atom. The Morgan fingerprint density at radius 1 is 0.200 bits per heavy atom. The van der Waals surface area contributed by atoms with Crippen LogP contribution in [0.15, 0.2) is 358 Å². The van der Waals surface area contributed by atoms with Crippen LogP contribution in [-0.4, -0.2) is 43.2 Å². The van der Waals surface area contributed by atoms with Crippen molar-refractivity contribution in [3.63, 3.8) is 0 Å². The van der Waals surface area contributed by atoms with Crippen molar-refractivity contribution >= 4 is 87.5 Å². The second kappa shape index (κ2) is 24.2. The first-order chi connectivity index (χ1) is 49.6. The van der Waals surface area contributed by atoms with Gasteiger partial charge in [-0.05, 0) is 185 Å². The molecule has 0 amide bonds. The van der Waals surface area contributed by atoms with Crippen molar-refractivity contribution in [3.05, 3.63) is 358 Å². The summed E-state index contributed by atoms with van der Waals surface area (Å²) in [7, 11) is 0. The largest absolute Gasteiger partial charge is 0.309 e. The molecule has 0 unspecified atom stereocenters. The molecule has 0 atom stereocenters. The highest BCUT2D eigenvalue weighted by atomic mass is 15.1. The highest BCUT2D eigenvalue weighted by Gasteiger charge is 2.23. The van der Waals surface area contributed by atoms with E-state index < -0.39 is 0 Å². The van der Waals surface area contributed by atoms with Crippen molar-refractivity contribution in [1.82, 2.24) is 43.2 Å². The lowest BCUT2D eigenvalue weighted by molar-refractivity contribution is 1.06. The van der Waals surface area contributed by atoms with E-state index in [4.69, 9.17) is 24.9 Å². The quantitative estimate of drug-likeness (QED) is 0.136. The first kappa shape index (κ1) is 57.8. The number of hydrogen-bond acceptors (Lipinski definition) is 5. The van der Waals surface area contributed by atoms with E-state index in [0.29, 0.717) is 0 Å². The Hall–Kier alpha value is -13.6. The van der Waals surface area contributed by atoms with E-state index in [1.165, 1.54) is 60.3 Å². The predicted octanol–water partition coefficient (Wildman–Crippen LogP) is 22.7. The summed E-state index contributed by atoms with van der Waals surface area (Å²) < 4.78 is 9.23. The van der Waals surface area contributed by atoms with Crippen LogP contribution in [0.25, 0.3) is 178 Å². The number of pyridine rings is 5. The molecule has 9 nitrogen and oxygen atoms in total. The van der Waals surface area contributed by atoms with Crippen molar-refractivity contribution in [1.29, 1.82) is 0 Å². The van der Waals surface area contributed by atoms with Gasteiger partial charge < -0.3 is 9.13 Å². The van der Waals surface area contributed by atoms with E-state index in [-0.39, 0.29) is 0 Å². The molecule has 0 fully saturated rings. The lowest BCUT2D eigenvalue weighted by Gasteiger charge is -2.13.